The molecule has 1 N–H and O–H groups in total. The molecule has 2 heterocycles. The number of ether oxygens (including phenoxy) is 1. The van der Waals surface area contributed by atoms with E-state index in [2.05, 4.69) is 5.38 Å². The Bertz CT molecular complexity index is 540. The molecule has 0 aliphatic carbocycles. The largest absolute Gasteiger partial charge is 0.674 e. The van der Waals surface area contributed by atoms with Gasteiger partial charge in [0.1, 0.15) is 5.69 Å². The van der Waals surface area contributed by atoms with E-state index >= 15 is 0 Å². The molecular formula is C11H14N2O2Re2S2-2. The third kappa shape index (κ3) is 3.92. The Labute approximate surface area is 150 Å². The van der Waals surface area contributed by atoms with Crippen LogP contribution in [0.5, 0.6) is 0 Å². The molecular weight excluding hydrogens is 629 g/mol. The normalized spacial score (nSPS) is 9.21. The van der Waals surface area contributed by atoms with Gasteiger partial charge in [-0.15, -0.1) is 11.9 Å². The fraction of sp³-hybridized carbons (Fsp3) is 0.364. The average molecular weight is 643 g/mol. The summed E-state index contributed by atoms with van der Waals surface area (Å²) >= 11 is 1.44. The quantitative estimate of drug-likeness (QED) is 0.382. The molecule has 0 unspecified atom stereocenters. The molecule has 2 aromatic heterocycles. The first-order valence-electron chi connectivity index (χ1n) is 4.99. The summed E-state index contributed by atoms with van der Waals surface area (Å²) < 4.78 is 7.74. The number of rotatable bonds is 3. The van der Waals surface area contributed by atoms with Gasteiger partial charge in [-0.2, -0.15) is 19.6 Å². The molecule has 2 rings (SSSR count). The van der Waals surface area contributed by atoms with Crippen molar-refractivity contribution in [2.45, 2.75) is 13.5 Å². The summed E-state index contributed by atoms with van der Waals surface area (Å²) in [6.07, 6.45) is 0. The first-order valence-corrected chi connectivity index (χ1v) is 5.81. The number of carbonyl (C=O) groups excluding carboxylic acids is 1. The zero-order valence-corrected chi connectivity index (χ0v) is 17.7. The van der Waals surface area contributed by atoms with Crippen LogP contribution in [0.4, 0.5) is 0 Å². The third-order valence-corrected chi connectivity index (χ3v) is 3.39. The minimum atomic E-state index is -0.351. The third-order valence-electron chi connectivity index (χ3n) is 2.49. The number of aromatic nitrogens is 1. The van der Waals surface area contributed by atoms with Crippen LogP contribution < -0.4 is 0 Å². The van der Waals surface area contributed by atoms with E-state index in [-0.39, 0.29) is 66.9 Å². The fourth-order valence-electron chi connectivity index (χ4n) is 1.78. The molecule has 8 heteroatoms. The van der Waals surface area contributed by atoms with Gasteiger partial charge in [-0.05, 0) is 14.0 Å². The molecule has 108 valence electrons. The number of nitrogens with one attached hydrogen (secondary N) is 1. The topological polar surface area (TPSA) is 55.0 Å². The number of fused-ring (bicyclic) bond motifs is 1. The van der Waals surface area contributed by atoms with Crippen molar-refractivity contribution < 1.29 is 50.4 Å². The van der Waals surface area contributed by atoms with Crippen molar-refractivity contribution in [2.24, 2.45) is 7.05 Å². The van der Waals surface area contributed by atoms with Crippen molar-refractivity contribution in [1.29, 1.82) is 0 Å². The summed E-state index contributed by atoms with van der Waals surface area (Å²) in [7, 11) is 1.81. The van der Waals surface area contributed by atoms with Crippen molar-refractivity contribution in [3.05, 3.63) is 28.4 Å². The van der Waals surface area contributed by atoms with Crippen LogP contribution in [0.15, 0.2) is 6.07 Å². The molecule has 0 atom stereocenters. The number of nitrogens with zero attached hydrogens (tertiary/aromatic N) is 1. The summed E-state index contributed by atoms with van der Waals surface area (Å²) in [6, 6.07) is 1.84. The predicted molar refractivity (Wildman–Crippen MR) is 74.0 cm³/mol. The minimum Gasteiger partial charge on any atom is -0.674 e. The second-order valence-corrected chi connectivity index (χ2v) is 4.21. The molecule has 2 aromatic rings. The van der Waals surface area contributed by atoms with E-state index < -0.39 is 0 Å². The van der Waals surface area contributed by atoms with Crippen LogP contribution in [0.25, 0.3) is 16.0 Å². The van der Waals surface area contributed by atoms with Crippen LogP contribution in [-0.2, 0) is 59.2 Å². The Balaban J connectivity index is 0. The number of esters is 1. The maximum atomic E-state index is 11.8. The van der Waals surface area contributed by atoms with Crippen molar-refractivity contribution in [2.75, 3.05) is 6.61 Å². The SMILES string of the molecule is CCOC(=O)c1c(C[NH-])c2s[c-]cc2n1C.S.[Re].[Re]. The van der Waals surface area contributed by atoms with Gasteiger partial charge in [-0.25, -0.2) is 4.79 Å². The smallest absolute Gasteiger partial charge is 0.353 e. The molecule has 0 bridgehead atoms. The number of aryl methyl sites for hydroxylation is 1. The van der Waals surface area contributed by atoms with E-state index in [0.717, 1.165) is 15.8 Å². The maximum Gasteiger partial charge on any atom is 0.353 e. The molecule has 0 aromatic carbocycles. The van der Waals surface area contributed by atoms with Gasteiger partial charge in [0.2, 0.25) is 0 Å². The molecule has 0 fully saturated rings. The zero-order valence-electron chi connectivity index (χ0n) is 10.4. The van der Waals surface area contributed by atoms with E-state index in [1.54, 1.807) is 11.5 Å². The summed E-state index contributed by atoms with van der Waals surface area (Å²) in [5.74, 6) is -0.351. The molecule has 0 saturated carbocycles. The van der Waals surface area contributed by atoms with Gasteiger partial charge in [0, 0.05) is 40.8 Å². The summed E-state index contributed by atoms with van der Waals surface area (Å²) in [4.78, 5) is 11.8. The monoisotopic (exact) mass is 644 g/mol. The molecule has 0 aliphatic rings. The van der Waals surface area contributed by atoms with E-state index in [0.29, 0.717) is 12.3 Å². The maximum absolute atomic E-state index is 11.8. The Kier molecular flexibility index (Phi) is 10.6. The van der Waals surface area contributed by atoms with Gasteiger partial charge in [-0.3, -0.25) is 11.3 Å². The van der Waals surface area contributed by atoms with E-state index in [1.807, 2.05) is 13.1 Å². The van der Waals surface area contributed by atoms with Gasteiger partial charge in [0.25, 0.3) is 0 Å². The number of carbonyl (C=O) groups is 1. The molecule has 2 radical (unpaired) electrons. The average Bonchev–Trinajstić information content (AvgIpc) is 2.81. The van der Waals surface area contributed by atoms with Crippen molar-refractivity contribution in [1.82, 2.24) is 4.57 Å². The van der Waals surface area contributed by atoms with Crippen molar-refractivity contribution in [3.63, 3.8) is 0 Å². The van der Waals surface area contributed by atoms with E-state index in [1.165, 1.54) is 11.3 Å². The van der Waals surface area contributed by atoms with Gasteiger partial charge in [-0.1, -0.05) is 15.8 Å². The standard InChI is InChI=1S/C11H12N2O2S.2Re.H2S/c1-3-15-11(14)9-7(6-12)10-8(13(9)2)4-5-16-10;;;/h4,12H,3,6H2,1-2H3;;;1H2/q-2;;;. The number of hydrogen-bond donors (Lipinski definition) is 0. The first kappa shape index (κ1) is 21.6. The second-order valence-electron chi connectivity index (χ2n) is 3.36. The Morgan fingerprint density at radius 2 is 2.16 bits per heavy atom. The van der Waals surface area contributed by atoms with Crippen LogP contribution in [0, 0.1) is 5.38 Å². The van der Waals surface area contributed by atoms with E-state index in [9.17, 15) is 4.79 Å². The second kappa shape index (κ2) is 9.31. The Morgan fingerprint density at radius 1 is 1.53 bits per heavy atom. The fourth-order valence-corrected chi connectivity index (χ4v) is 2.66. The summed E-state index contributed by atoms with van der Waals surface area (Å²) in [6.45, 7) is 2.21. The molecule has 19 heavy (non-hydrogen) atoms. The number of thiophene rings is 1. The molecule has 0 spiro atoms. The number of hydrogen-bond acceptors (Lipinski definition) is 3. The van der Waals surface area contributed by atoms with Gasteiger partial charge in [0.15, 0.2) is 0 Å². The first-order chi connectivity index (χ1) is 7.70. The molecule has 0 aliphatic heterocycles. The predicted octanol–water partition coefficient (Wildman–Crippen LogP) is 2.88. The van der Waals surface area contributed by atoms with Crippen molar-refractivity contribution in [3.8, 4) is 0 Å². The van der Waals surface area contributed by atoms with Gasteiger partial charge < -0.3 is 15.0 Å². The van der Waals surface area contributed by atoms with Gasteiger partial charge in [0.05, 0.1) is 6.61 Å². The van der Waals surface area contributed by atoms with Crippen LogP contribution in [0.3, 0.4) is 0 Å². The van der Waals surface area contributed by atoms with Crippen LogP contribution in [0.2, 0.25) is 0 Å². The summed E-state index contributed by atoms with van der Waals surface area (Å²) in [5.41, 5.74) is 9.69. The zero-order chi connectivity index (χ0) is 11.7. The molecule has 0 amide bonds. The van der Waals surface area contributed by atoms with Gasteiger partial charge >= 0.3 is 5.97 Å². The van der Waals surface area contributed by atoms with Crippen LogP contribution in [0.1, 0.15) is 23.0 Å². The van der Waals surface area contributed by atoms with Crippen LogP contribution in [-0.4, -0.2) is 17.1 Å². The minimum absolute atomic E-state index is 0. The molecule has 0 saturated heterocycles. The Morgan fingerprint density at radius 3 is 2.68 bits per heavy atom. The van der Waals surface area contributed by atoms with Crippen LogP contribution >= 0.6 is 24.8 Å². The van der Waals surface area contributed by atoms with E-state index in [4.69, 9.17) is 10.5 Å². The molecule has 4 nitrogen and oxygen atoms in total. The van der Waals surface area contributed by atoms with Crippen molar-refractivity contribution >= 4 is 41.0 Å². The summed E-state index contributed by atoms with van der Waals surface area (Å²) in [5, 5.41) is 3.02. The Hall–Kier alpha value is 0.345.